The first-order valence-electron chi connectivity index (χ1n) is 9.00. The second-order valence-corrected chi connectivity index (χ2v) is 7.03. The van der Waals surface area contributed by atoms with E-state index in [0.717, 1.165) is 18.5 Å². The molecule has 0 spiro atoms. The molecule has 1 atom stereocenters. The van der Waals surface area contributed by atoms with Crippen molar-refractivity contribution in [2.75, 3.05) is 18.0 Å². The maximum Gasteiger partial charge on any atom is 0.251 e. The van der Waals surface area contributed by atoms with Gasteiger partial charge in [-0.25, -0.2) is 0 Å². The van der Waals surface area contributed by atoms with Crippen LogP contribution in [0.3, 0.4) is 0 Å². The Labute approximate surface area is 163 Å². The maximum atomic E-state index is 12.6. The number of hydrogen-bond acceptors (Lipinski definition) is 3. The van der Waals surface area contributed by atoms with Crippen molar-refractivity contribution >= 4 is 23.2 Å². The summed E-state index contributed by atoms with van der Waals surface area (Å²) in [5.41, 5.74) is 4.26. The maximum absolute atomic E-state index is 12.6. The molecule has 0 saturated carbocycles. The minimum atomic E-state index is -0.104. The highest BCUT2D eigenvalue weighted by Gasteiger charge is 2.27. The van der Waals surface area contributed by atoms with E-state index >= 15 is 0 Å². The van der Waals surface area contributed by atoms with Gasteiger partial charge in [0.1, 0.15) is 0 Å². The zero-order valence-corrected chi connectivity index (χ0v) is 15.6. The van der Waals surface area contributed by atoms with Crippen LogP contribution >= 0.6 is 11.6 Å². The Hall–Kier alpha value is -2.85. The standard InChI is InChI=1S/C22H20ClN3O/c23-19-9-7-17(8-10-19)22(27)25-15-21(18-5-3-12-24-14-18)26-13-11-16-4-1-2-6-20(16)26/h1-10,12,14,21H,11,13,15H2,(H,25,27)/t21-/m1/s1. The Balaban J connectivity index is 1.56. The van der Waals surface area contributed by atoms with Crippen molar-refractivity contribution in [2.24, 2.45) is 0 Å². The van der Waals surface area contributed by atoms with Crippen LogP contribution in [0.1, 0.15) is 27.5 Å². The Morgan fingerprint density at radius 3 is 2.70 bits per heavy atom. The van der Waals surface area contributed by atoms with Crippen LogP contribution in [-0.2, 0) is 6.42 Å². The highest BCUT2D eigenvalue weighted by molar-refractivity contribution is 6.30. The molecule has 136 valence electrons. The van der Waals surface area contributed by atoms with Gasteiger partial charge in [-0.15, -0.1) is 0 Å². The smallest absolute Gasteiger partial charge is 0.251 e. The molecule has 3 aromatic rings. The predicted molar refractivity (Wildman–Crippen MR) is 108 cm³/mol. The molecule has 4 nitrogen and oxygen atoms in total. The quantitative estimate of drug-likeness (QED) is 0.722. The lowest BCUT2D eigenvalue weighted by atomic mass is 10.1. The number of aromatic nitrogens is 1. The summed E-state index contributed by atoms with van der Waals surface area (Å²) >= 11 is 5.91. The van der Waals surface area contributed by atoms with Crippen LogP contribution in [0, 0.1) is 0 Å². The average molecular weight is 378 g/mol. The highest BCUT2D eigenvalue weighted by atomic mass is 35.5. The summed E-state index contributed by atoms with van der Waals surface area (Å²) in [6, 6.07) is 19.4. The van der Waals surface area contributed by atoms with Gasteiger partial charge in [0.05, 0.1) is 6.04 Å². The average Bonchev–Trinajstić information content (AvgIpc) is 3.13. The molecule has 4 rings (SSSR count). The van der Waals surface area contributed by atoms with E-state index in [2.05, 4.69) is 45.5 Å². The van der Waals surface area contributed by atoms with E-state index in [-0.39, 0.29) is 11.9 Å². The Bertz CT molecular complexity index is 928. The van der Waals surface area contributed by atoms with E-state index in [1.165, 1.54) is 11.3 Å². The molecular weight excluding hydrogens is 358 g/mol. The SMILES string of the molecule is O=C(NC[C@H](c1cccnc1)N1CCc2ccccc21)c1ccc(Cl)cc1. The van der Waals surface area contributed by atoms with Crippen LogP contribution in [0.25, 0.3) is 0 Å². The summed E-state index contributed by atoms with van der Waals surface area (Å²) in [5.74, 6) is -0.104. The minimum absolute atomic E-state index is 0.0265. The van der Waals surface area contributed by atoms with Crippen molar-refractivity contribution in [1.82, 2.24) is 10.3 Å². The van der Waals surface area contributed by atoms with Gasteiger partial charge in [-0.05, 0) is 53.9 Å². The normalized spacial score (nSPS) is 13.9. The topological polar surface area (TPSA) is 45.2 Å². The molecule has 2 aromatic carbocycles. The fourth-order valence-electron chi connectivity index (χ4n) is 3.56. The molecule has 1 aliphatic rings. The Morgan fingerprint density at radius 2 is 1.93 bits per heavy atom. The summed E-state index contributed by atoms with van der Waals surface area (Å²) in [5, 5.41) is 3.69. The van der Waals surface area contributed by atoms with Crippen molar-refractivity contribution in [3.63, 3.8) is 0 Å². The van der Waals surface area contributed by atoms with Crippen LogP contribution in [0.5, 0.6) is 0 Å². The molecule has 1 aromatic heterocycles. The number of nitrogens with one attached hydrogen (secondary N) is 1. The third-order valence-electron chi connectivity index (χ3n) is 4.93. The Kier molecular flexibility index (Phi) is 5.07. The third-order valence-corrected chi connectivity index (χ3v) is 5.18. The lowest BCUT2D eigenvalue weighted by molar-refractivity contribution is 0.0951. The van der Waals surface area contributed by atoms with Crippen molar-refractivity contribution in [1.29, 1.82) is 0 Å². The van der Waals surface area contributed by atoms with Crippen molar-refractivity contribution < 1.29 is 4.79 Å². The molecular formula is C22H20ClN3O. The van der Waals surface area contributed by atoms with Gasteiger partial charge in [0.15, 0.2) is 0 Å². The monoisotopic (exact) mass is 377 g/mol. The van der Waals surface area contributed by atoms with Crippen LogP contribution in [0.15, 0.2) is 73.1 Å². The molecule has 27 heavy (non-hydrogen) atoms. The van der Waals surface area contributed by atoms with Gasteiger partial charge in [0, 0.05) is 41.8 Å². The number of pyridine rings is 1. The number of halogens is 1. The van der Waals surface area contributed by atoms with E-state index in [1.54, 1.807) is 30.5 Å². The number of amides is 1. The van der Waals surface area contributed by atoms with Gasteiger partial charge in [-0.3, -0.25) is 9.78 Å². The number of rotatable bonds is 5. The first kappa shape index (κ1) is 17.6. The van der Waals surface area contributed by atoms with E-state index in [9.17, 15) is 4.79 Å². The molecule has 0 fully saturated rings. The van der Waals surface area contributed by atoms with E-state index < -0.39 is 0 Å². The molecule has 0 radical (unpaired) electrons. The third kappa shape index (κ3) is 3.81. The second kappa shape index (κ2) is 7.80. The molecule has 1 amide bonds. The van der Waals surface area contributed by atoms with Crippen LogP contribution in [0.4, 0.5) is 5.69 Å². The molecule has 0 aliphatic carbocycles. The summed E-state index contributed by atoms with van der Waals surface area (Å²) in [7, 11) is 0. The molecule has 0 saturated heterocycles. The summed E-state index contributed by atoms with van der Waals surface area (Å²) in [6.45, 7) is 1.43. The minimum Gasteiger partial charge on any atom is -0.362 e. The van der Waals surface area contributed by atoms with Crippen LogP contribution in [0.2, 0.25) is 5.02 Å². The predicted octanol–water partition coefficient (Wildman–Crippen LogP) is 4.27. The zero-order chi connectivity index (χ0) is 18.6. The van der Waals surface area contributed by atoms with Gasteiger partial charge in [-0.2, -0.15) is 0 Å². The molecule has 1 aliphatic heterocycles. The molecule has 5 heteroatoms. The van der Waals surface area contributed by atoms with E-state index in [4.69, 9.17) is 11.6 Å². The van der Waals surface area contributed by atoms with Crippen molar-refractivity contribution in [3.8, 4) is 0 Å². The number of carbonyl (C=O) groups is 1. The largest absolute Gasteiger partial charge is 0.362 e. The van der Waals surface area contributed by atoms with Crippen LogP contribution < -0.4 is 10.2 Å². The first-order chi connectivity index (χ1) is 13.2. The molecule has 0 unspecified atom stereocenters. The number of anilines is 1. The van der Waals surface area contributed by atoms with Crippen molar-refractivity contribution in [2.45, 2.75) is 12.5 Å². The van der Waals surface area contributed by atoms with Gasteiger partial charge >= 0.3 is 0 Å². The number of carbonyl (C=O) groups excluding carboxylic acids is 1. The Morgan fingerprint density at radius 1 is 1.11 bits per heavy atom. The molecule has 1 N–H and O–H groups in total. The fourth-order valence-corrected chi connectivity index (χ4v) is 3.69. The van der Waals surface area contributed by atoms with Crippen LogP contribution in [-0.4, -0.2) is 24.0 Å². The number of para-hydroxylation sites is 1. The number of hydrogen-bond donors (Lipinski definition) is 1. The highest BCUT2D eigenvalue weighted by Crippen LogP contribution is 2.34. The lowest BCUT2D eigenvalue weighted by Gasteiger charge is -2.31. The van der Waals surface area contributed by atoms with Gasteiger partial charge < -0.3 is 10.2 Å². The summed E-state index contributed by atoms with van der Waals surface area (Å²) < 4.78 is 0. The van der Waals surface area contributed by atoms with Gasteiger partial charge in [0.2, 0.25) is 0 Å². The zero-order valence-electron chi connectivity index (χ0n) is 14.8. The summed E-state index contributed by atoms with van der Waals surface area (Å²) in [6.07, 6.45) is 4.66. The lowest BCUT2D eigenvalue weighted by Crippen LogP contribution is -2.37. The van der Waals surface area contributed by atoms with Crippen molar-refractivity contribution in [3.05, 3.63) is 94.8 Å². The summed E-state index contributed by atoms with van der Waals surface area (Å²) in [4.78, 5) is 19.2. The fraction of sp³-hybridized carbons (Fsp3) is 0.182. The number of benzene rings is 2. The number of fused-ring (bicyclic) bond motifs is 1. The second-order valence-electron chi connectivity index (χ2n) is 6.59. The van der Waals surface area contributed by atoms with E-state index in [0.29, 0.717) is 17.1 Å². The molecule has 2 heterocycles. The van der Waals surface area contributed by atoms with Gasteiger partial charge in [0.25, 0.3) is 5.91 Å². The van der Waals surface area contributed by atoms with Gasteiger partial charge in [-0.1, -0.05) is 35.9 Å². The first-order valence-corrected chi connectivity index (χ1v) is 9.38. The van der Waals surface area contributed by atoms with E-state index in [1.807, 2.05) is 12.3 Å². The number of nitrogens with zero attached hydrogens (tertiary/aromatic N) is 2. The molecule has 0 bridgehead atoms.